The number of para-hydroxylation sites is 1. The minimum Gasteiger partial charge on any atom is -0.508 e. The first kappa shape index (κ1) is 18.2. The first-order chi connectivity index (χ1) is 13.2. The van der Waals surface area contributed by atoms with Crippen molar-refractivity contribution in [2.24, 2.45) is 4.99 Å². The Kier molecular flexibility index (Phi) is 5.84. The average molecular weight is 361 g/mol. The Morgan fingerprint density at radius 1 is 1.00 bits per heavy atom. The lowest BCUT2D eigenvalue weighted by Crippen LogP contribution is -2.03. The number of nitrogens with zero attached hydrogens (tertiary/aromatic N) is 1. The number of aliphatic imine (C=N–C) groups is 1. The Balaban J connectivity index is 1.75. The molecule has 0 atom stereocenters. The molecule has 0 saturated heterocycles. The van der Waals surface area contributed by atoms with Crippen LogP contribution in [-0.2, 0) is 4.74 Å². The van der Waals surface area contributed by atoms with Crippen LogP contribution < -0.4 is 4.74 Å². The summed E-state index contributed by atoms with van der Waals surface area (Å²) in [6, 6.07) is 20.9. The molecule has 3 rings (SSSR count). The molecule has 3 aromatic rings. The Morgan fingerprint density at radius 3 is 2.41 bits per heavy atom. The summed E-state index contributed by atoms with van der Waals surface area (Å²) in [6.45, 7) is 2.12. The molecule has 5 nitrogen and oxygen atoms in total. The van der Waals surface area contributed by atoms with Gasteiger partial charge < -0.3 is 14.6 Å². The van der Waals surface area contributed by atoms with E-state index in [-0.39, 0.29) is 11.7 Å². The lowest BCUT2D eigenvalue weighted by molar-refractivity contribution is 0.0526. The third-order valence-corrected chi connectivity index (χ3v) is 3.71. The summed E-state index contributed by atoms with van der Waals surface area (Å²) in [4.78, 5) is 16.1. The second-order valence-corrected chi connectivity index (χ2v) is 5.66. The summed E-state index contributed by atoms with van der Waals surface area (Å²) in [5.41, 5.74) is 2.01. The molecule has 3 aromatic carbocycles. The van der Waals surface area contributed by atoms with Crippen LogP contribution in [0.5, 0.6) is 17.2 Å². The van der Waals surface area contributed by atoms with Gasteiger partial charge in [0.2, 0.25) is 0 Å². The topological polar surface area (TPSA) is 68.1 Å². The molecular weight excluding hydrogens is 342 g/mol. The second-order valence-electron chi connectivity index (χ2n) is 5.66. The normalized spacial score (nSPS) is 10.7. The fourth-order valence-electron chi connectivity index (χ4n) is 2.36. The van der Waals surface area contributed by atoms with E-state index in [9.17, 15) is 9.90 Å². The maximum atomic E-state index is 11.7. The highest BCUT2D eigenvalue weighted by molar-refractivity contribution is 5.90. The minimum absolute atomic E-state index is 0.184. The Hall–Kier alpha value is -3.60. The van der Waals surface area contributed by atoms with Crippen molar-refractivity contribution in [1.29, 1.82) is 0 Å². The van der Waals surface area contributed by atoms with Gasteiger partial charge in [-0.15, -0.1) is 0 Å². The van der Waals surface area contributed by atoms with Crippen molar-refractivity contribution >= 4 is 17.9 Å². The Morgan fingerprint density at radius 2 is 1.70 bits per heavy atom. The van der Waals surface area contributed by atoms with Gasteiger partial charge in [0.05, 0.1) is 17.9 Å². The molecule has 1 N–H and O–H groups in total. The first-order valence-electron chi connectivity index (χ1n) is 8.53. The van der Waals surface area contributed by atoms with Crippen molar-refractivity contribution in [3.05, 3.63) is 83.9 Å². The van der Waals surface area contributed by atoms with Crippen LogP contribution >= 0.6 is 0 Å². The zero-order chi connectivity index (χ0) is 19.1. The molecule has 27 heavy (non-hydrogen) atoms. The zero-order valence-electron chi connectivity index (χ0n) is 14.8. The van der Waals surface area contributed by atoms with E-state index in [2.05, 4.69) is 4.99 Å². The van der Waals surface area contributed by atoms with Crippen molar-refractivity contribution < 1.29 is 19.4 Å². The number of carbonyl (C=O) groups is 1. The van der Waals surface area contributed by atoms with Gasteiger partial charge in [0.25, 0.3) is 0 Å². The first-order valence-corrected chi connectivity index (χ1v) is 8.53. The number of hydrogen-bond donors (Lipinski definition) is 1. The van der Waals surface area contributed by atoms with Crippen molar-refractivity contribution in [1.82, 2.24) is 0 Å². The van der Waals surface area contributed by atoms with Gasteiger partial charge in [-0.3, -0.25) is 4.99 Å². The van der Waals surface area contributed by atoms with Gasteiger partial charge >= 0.3 is 5.97 Å². The number of ether oxygens (including phenoxy) is 2. The van der Waals surface area contributed by atoms with E-state index in [1.165, 1.54) is 0 Å². The molecule has 0 heterocycles. The van der Waals surface area contributed by atoms with E-state index in [0.717, 1.165) is 5.56 Å². The van der Waals surface area contributed by atoms with Crippen molar-refractivity contribution in [3.63, 3.8) is 0 Å². The van der Waals surface area contributed by atoms with Crippen molar-refractivity contribution in [2.45, 2.75) is 6.92 Å². The average Bonchev–Trinajstić information content (AvgIpc) is 2.69. The third kappa shape index (κ3) is 4.95. The molecule has 0 radical (unpaired) electrons. The van der Waals surface area contributed by atoms with Gasteiger partial charge in [-0.05, 0) is 67.6 Å². The summed E-state index contributed by atoms with van der Waals surface area (Å²) >= 11 is 0. The van der Waals surface area contributed by atoms with Gasteiger partial charge in [-0.1, -0.05) is 12.1 Å². The van der Waals surface area contributed by atoms with Crippen LogP contribution in [0.3, 0.4) is 0 Å². The van der Waals surface area contributed by atoms with Crippen LogP contribution in [0, 0.1) is 0 Å². The lowest BCUT2D eigenvalue weighted by atomic mass is 10.2. The summed E-state index contributed by atoms with van der Waals surface area (Å²) in [5.74, 6) is 1.10. The Bertz CT molecular complexity index is 931. The highest BCUT2D eigenvalue weighted by Crippen LogP contribution is 2.26. The van der Waals surface area contributed by atoms with Crippen LogP contribution in [0.25, 0.3) is 0 Å². The molecule has 136 valence electrons. The molecule has 0 bridgehead atoms. The quantitative estimate of drug-likeness (QED) is 0.489. The van der Waals surface area contributed by atoms with Gasteiger partial charge in [0.15, 0.2) is 0 Å². The summed E-state index contributed by atoms with van der Waals surface area (Å²) < 4.78 is 10.8. The SMILES string of the molecule is CCOC(=O)c1ccc(N=Cc2ccccc2Oc2ccc(O)cc2)cc1. The van der Waals surface area contributed by atoms with E-state index in [0.29, 0.717) is 29.4 Å². The maximum Gasteiger partial charge on any atom is 0.338 e. The van der Waals surface area contributed by atoms with Crippen molar-refractivity contribution in [2.75, 3.05) is 6.61 Å². The molecular formula is C22H19NO4. The van der Waals surface area contributed by atoms with Crippen LogP contribution in [0.15, 0.2) is 77.8 Å². The number of rotatable bonds is 6. The number of aromatic hydroxyl groups is 1. The van der Waals surface area contributed by atoms with Crippen LogP contribution in [0.1, 0.15) is 22.8 Å². The predicted molar refractivity (Wildman–Crippen MR) is 104 cm³/mol. The molecule has 0 fully saturated rings. The number of esters is 1. The molecule has 0 aromatic heterocycles. The number of carbonyl (C=O) groups excluding carboxylic acids is 1. The van der Waals surface area contributed by atoms with E-state index in [1.54, 1.807) is 61.7 Å². The largest absolute Gasteiger partial charge is 0.508 e. The molecule has 5 heteroatoms. The fraction of sp³-hybridized carbons (Fsp3) is 0.0909. The predicted octanol–water partition coefficient (Wildman–Crippen LogP) is 5.11. The molecule has 0 unspecified atom stereocenters. The fourth-order valence-corrected chi connectivity index (χ4v) is 2.36. The third-order valence-electron chi connectivity index (χ3n) is 3.71. The molecule has 0 saturated carbocycles. The summed E-state index contributed by atoms with van der Waals surface area (Å²) in [7, 11) is 0. The number of benzene rings is 3. The van der Waals surface area contributed by atoms with Gasteiger partial charge in [-0.2, -0.15) is 0 Å². The number of phenolic OH excluding ortho intramolecular Hbond substituents is 1. The van der Waals surface area contributed by atoms with E-state index < -0.39 is 0 Å². The van der Waals surface area contributed by atoms with Crippen LogP contribution in [0.2, 0.25) is 0 Å². The second kappa shape index (κ2) is 8.67. The number of phenols is 1. The maximum absolute atomic E-state index is 11.7. The standard InChI is InChI=1S/C22H19NO4/c1-2-26-22(25)16-7-9-18(10-8-16)23-15-17-5-3-4-6-21(17)27-20-13-11-19(24)12-14-20/h3-15,24H,2H2,1H3. The highest BCUT2D eigenvalue weighted by atomic mass is 16.5. The van der Waals surface area contributed by atoms with E-state index >= 15 is 0 Å². The molecule has 0 amide bonds. The molecule has 0 aliphatic carbocycles. The summed E-state index contributed by atoms with van der Waals surface area (Å²) in [6.07, 6.45) is 1.70. The van der Waals surface area contributed by atoms with Gasteiger partial charge in [0.1, 0.15) is 17.2 Å². The zero-order valence-corrected chi connectivity index (χ0v) is 14.8. The van der Waals surface area contributed by atoms with E-state index in [4.69, 9.17) is 9.47 Å². The highest BCUT2D eigenvalue weighted by Gasteiger charge is 2.06. The Labute approximate surface area is 157 Å². The minimum atomic E-state index is -0.347. The van der Waals surface area contributed by atoms with Gasteiger partial charge in [0, 0.05) is 11.8 Å². The smallest absolute Gasteiger partial charge is 0.338 e. The van der Waals surface area contributed by atoms with Crippen LogP contribution in [-0.4, -0.2) is 23.9 Å². The van der Waals surface area contributed by atoms with Gasteiger partial charge in [-0.25, -0.2) is 4.79 Å². The van der Waals surface area contributed by atoms with E-state index in [1.807, 2.05) is 24.3 Å². The van der Waals surface area contributed by atoms with Crippen molar-refractivity contribution in [3.8, 4) is 17.2 Å². The lowest BCUT2D eigenvalue weighted by Gasteiger charge is -2.08. The molecule has 0 aliphatic rings. The van der Waals surface area contributed by atoms with Crippen LogP contribution in [0.4, 0.5) is 5.69 Å². The molecule has 0 aliphatic heterocycles. The molecule has 0 spiro atoms. The number of hydrogen-bond acceptors (Lipinski definition) is 5. The summed E-state index contributed by atoms with van der Waals surface area (Å²) in [5, 5.41) is 9.37. The monoisotopic (exact) mass is 361 g/mol.